The molecule has 5 nitrogen and oxygen atoms in total. The molecule has 0 saturated carbocycles. The highest BCUT2D eigenvalue weighted by atomic mass is 16.5. The molecule has 0 saturated heterocycles. The molecule has 1 aromatic carbocycles. The lowest BCUT2D eigenvalue weighted by molar-refractivity contribution is 0.261. The first-order valence-electron chi connectivity index (χ1n) is 7.37. The molecule has 5 heteroatoms. The van der Waals surface area contributed by atoms with Crippen LogP contribution in [0.25, 0.3) is 0 Å². The van der Waals surface area contributed by atoms with E-state index in [2.05, 4.69) is 0 Å². The van der Waals surface area contributed by atoms with Crippen LogP contribution >= 0.6 is 0 Å². The van der Waals surface area contributed by atoms with Gasteiger partial charge in [-0.2, -0.15) is 0 Å². The van der Waals surface area contributed by atoms with Crippen molar-refractivity contribution in [2.45, 2.75) is 20.4 Å². The third-order valence-corrected chi connectivity index (χ3v) is 3.04. The summed E-state index contributed by atoms with van der Waals surface area (Å²) in [5.74, 6) is 1.49. The molecule has 2 N–H and O–H groups in total. The van der Waals surface area contributed by atoms with Gasteiger partial charge in [0.15, 0.2) is 5.75 Å². The van der Waals surface area contributed by atoms with Crippen molar-refractivity contribution in [1.29, 1.82) is 0 Å². The molecule has 1 aromatic heterocycles. The van der Waals surface area contributed by atoms with Crippen LogP contribution < -0.4 is 20.8 Å². The SMILES string of the molecule is CC(C)COc1cccn(CCOc2ccc(N)cc2)c1=O. The van der Waals surface area contributed by atoms with Crippen molar-refractivity contribution >= 4 is 5.69 Å². The van der Waals surface area contributed by atoms with Crippen molar-refractivity contribution in [3.05, 3.63) is 52.9 Å². The molecule has 1 heterocycles. The molecule has 0 radical (unpaired) electrons. The zero-order chi connectivity index (χ0) is 15.9. The molecule has 0 aliphatic carbocycles. The Balaban J connectivity index is 1.93. The highest BCUT2D eigenvalue weighted by Gasteiger charge is 2.05. The minimum atomic E-state index is -0.135. The van der Waals surface area contributed by atoms with E-state index in [-0.39, 0.29) is 5.56 Å². The topological polar surface area (TPSA) is 66.5 Å². The fraction of sp³-hybridized carbons (Fsp3) is 0.353. The number of aromatic nitrogens is 1. The first-order valence-corrected chi connectivity index (χ1v) is 7.37. The largest absolute Gasteiger partial charge is 0.492 e. The Bertz CT molecular complexity index is 648. The lowest BCUT2D eigenvalue weighted by Gasteiger charge is -2.11. The van der Waals surface area contributed by atoms with E-state index in [1.807, 2.05) is 13.8 Å². The van der Waals surface area contributed by atoms with Gasteiger partial charge in [0.25, 0.3) is 5.56 Å². The van der Waals surface area contributed by atoms with Crippen LogP contribution in [-0.2, 0) is 6.54 Å². The monoisotopic (exact) mass is 302 g/mol. The Labute approximate surface area is 130 Å². The van der Waals surface area contributed by atoms with E-state index in [1.165, 1.54) is 0 Å². The zero-order valence-corrected chi connectivity index (χ0v) is 13.0. The Morgan fingerprint density at radius 1 is 1.14 bits per heavy atom. The van der Waals surface area contributed by atoms with Crippen LogP contribution in [0.2, 0.25) is 0 Å². The van der Waals surface area contributed by atoms with Gasteiger partial charge in [-0.25, -0.2) is 0 Å². The van der Waals surface area contributed by atoms with Gasteiger partial charge in [-0.15, -0.1) is 0 Å². The summed E-state index contributed by atoms with van der Waals surface area (Å²) in [6, 6.07) is 10.7. The van der Waals surface area contributed by atoms with Gasteiger partial charge >= 0.3 is 0 Å². The second-order valence-corrected chi connectivity index (χ2v) is 5.49. The van der Waals surface area contributed by atoms with E-state index in [9.17, 15) is 4.79 Å². The maximum absolute atomic E-state index is 12.2. The highest BCUT2D eigenvalue weighted by molar-refractivity contribution is 5.41. The predicted molar refractivity (Wildman–Crippen MR) is 87.4 cm³/mol. The molecular weight excluding hydrogens is 280 g/mol. The number of pyridine rings is 1. The summed E-state index contributed by atoms with van der Waals surface area (Å²) in [5.41, 5.74) is 6.18. The number of benzene rings is 1. The number of ether oxygens (including phenoxy) is 2. The summed E-state index contributed by atoms with van der Waals surface area (Å²) in [6.07, 6.45) is 1.73. The average Bonchev–Trinajstić information content (AvgIpc) is 2.49. The van der Waals surface area contributed by atoms with Crippen LogP contribution in [0.15, 0.2) is 47.4 Å². The van der Waals surface area contributed by atoms with E-state index in [4.69, 9.17) is 15.2 Å². The number of hydrogen-bond donors (Lipinski definition) is 1. The molecule has 2 rings (SSSR count). The van der Waals surface area contributed by atoms with E-state index >= 15 is 0 Å². The third-order valence-electron chi connectivity index (χ3n) is 3.04. The van der Waals surface area contributed by atoms with Crippen LogP contribution in [0.4, 0.5) is 5.69 Å². The van der Waals surface area contributed by atoms with Crippen LogP contribution in [0.1, 0.15) is 13.8 Å². The van der Waals surface area contributed by atoms with Gasteiger partial charge in [0.2, 0.25) is 0 Å². The van der Waals surface area contributed by atoms with Gasteiger partial charge in [0, 0.05) is 11.9 Å². The van der Waals surface area contributed by atoms with Gasteiger partial charge in [-0.05, 0) is 42.3 Å². The van der Waals surface area contributed by atoms with Gasteiger partial charge < -0.3 is 19.8 Å². The number of hydrogen-bond acceptors (Lipinski definition) is 4. The zero-order valence-electron chi connectivity index (χ0n) is 13.0. The molecule has 0 unspecified atom stereocenters. The van der Waals surface area contributed by atoms with Gasteiger partial charge in [-0.1, -0.05) is 13.8 Å². The Morgan fingerprint density at radius 3 is 2.55 bits per heavy atom. The first kappa shape index (κ1) is 15.9. The summed E-state index contributed by atoms with van der Waals surface area (Å²) in [6.45, 7) is 5.48. The van der Waals surface area contributed by atoms with E-state index in [0.717, 1.165) is 5.75 Å². The van der Waals surface area contributed by atoms with Crippen molar-refractivity contribution in [2.75, 3.05) is 18.9 Å². The predicted octanol–water partition coefficient (Wildman–Crippen LogP) is 2.54. The molecule has 0 aliphatic rings. The van der Waals surface area contributed by atoms with Crippen molar-refractivity contribution in [3.8, 4) is 11.5 Å². The van der Waals surface area contributed by atoms with E-state index in [1.54, 1.807) is 47.2 Å². The molecule has 0 amide bonds. The minimum absolute atomic E-state index is 0.135. The molecule has 118 valence electrons. The summed E-state index contributed by atoms with van der Waals surface area (Å²) < 4.78 is 12.7. The second-order valence-electron chi connectivity index (χ2n) is 5.49. The van der Waals surface area contributed by atoms with Gasteiger partial charge in [0.1, 0.15) is 12.4 Å². The molecule has 0 fully saturated rings. The van der Waals surface area contributed by atoms with Crippen molar-refractivity contribution in [2.24, 2.45) is 5.92 Å². The normalized spacial score (nSPS) is 10.7. The fourth-order valence-corrected chi connectivity index (χ4v) is 1.88. The molecule has 22 heavy (non-hydrogen) atoms. The first-order chi connectivity index (χ1) is 10.6. The Kier molecular flexibility index (Phi) is 5.47. The summed E-state index contributed by atoms with van der Waals surface area (Å²) in [5, 5.41) is 0. The lowest BCUT2D eigenvalue weighted by Crippen LogP contribution is -2.24. The molecular formula is C17H22N2O3. The highest BCUT2D eigenvalue weighted by Crippen LogP contribution is 2.13. The maximum atomic E-state index is 12.2. The van der Waals surface area contributed by atoms with E-state index < -0.39 is 0 Å². The molecule has 0 atom stereocenters. The van der Waals surface area contributed by atoms with Crippen LogP contribution in [0, 0.1) is 5.92 Å². The van der Waals surface area contributed by atoms with Gasteiger partial charge in [0.05, 0.1) is 13.2 Å². The number of nitrogen functional groups attached to an aromatic ring is 1. The molecule has 0 aliphatic heterocycles. The third kappa shape index (κ3) is 4.55. The number of nitrogens with zero attached hydrogens (tertiary/aromatic N) is 1. The molecule has 2 aromatic rings. The fourth-order valence-electron chi connectivity index (χ4n) is 1.88. The lowest BCUT2D eigenvalue weighted by atomic mass is 10.2. The van der Waals surface area contributed by atoms with Crippen LogP contribution in [0.3, 0.4) is 0 Å². The van der Waals surface area contributed by atoms with Crippen LogP contribution in [-0.4, -0.2) is 17.8 Å². The van der Waals surface area contributed by atoms with Crippen molar-refractivity contribution in [3.63, 3.8) is 0 Å². The maximum Gasteiger partial charge on any atom is 0.292 e. The van der Waals surface area contributed by atoms with Crippen LogP contribution in [0.5, 0.6) is 11.5 Å². The van der Waals surface area contributed by atoms with Crippen molar-refractivity contribution in [1.82, 2.24) is 4.57 Å². The van der Waals surface area contributed by atoms with Crippen molar-refractivity contribution < 1.29 is 9.47 Å². The second kappa shape index (κ2) is 7.54. The standard InChI is InChI=1S/C17H22N2O3/c1-13(2)12-22-16-4-3-9-19(17(16)20)10-11-21-15-7-5-14(18)6-8-15/h3-9,13H,10-12,18H2,1-2H3. The Morgan fingerprint density at radius 2 is 1.86 bits per heavy atom. The smallest absolute Gasteiger partial charge is 0.292 e. The minimum Gasteiger partial charge on any atom is -0.492 e. The Hall–Kier alpha value is -2.43. The van der Waals surface area contributed by atoms with E-state index in [0.29, 0.717) is 37.1 Å². The number of anilines is 1. The number of nitrogens with two attached hydrogens (primary N) is 1. The molecule has 0 spiro atoms. The summed E-state index contributed by atoms with van der Waals surface area (Å²) in [7, 11) is 0. The van der Waals surface area contributed by atoms with Gasteiger partial charge in [-0.3, -0.25) is 4.79 Å². The molecule has 0 bridgehead atoms. The summed E-state index contributed by atoms with van der Waals surface area (Å²) in [4.78, 5) is 12.2. The number of rotatable bonds is 7. The average molecular weight is 302 g/mol. The quantitative estimate of drug-likeness (QED) is 0.798. The summed E-state index contributed by atoms with van der Waals surface area (Å²) >= 11 is 0.